The number of fused-ring (bicyclic) bond motifs is 1. The third-order valence-corrected chi connectivity index (χ3v) is 6.26. The molecule has 0 amide bonds. The standard InChI is InChI=1S/C20H31N5OS/c1-4-15(5-2)18-12-17(26-24-18)13-23-20(21-3)22-8-10-25-9-6-19-16(14-25)7-11-27-19/h7,11-12,15H,4-6,8-10,13-14H2,1-3H3,(H2,21,22,23). The highest BCUT2D eigenvalue weighted by Crippen LogP contribution is 2.24. The predicted octanol–water partition coefficient (Wildman–Crippen LogP) is 3.36. The van der Waals surface area contributed by atoms with E-state index in [2.05, 4.69) is 57.0 Å². The molecule has 0 saturated heterocycles. The van der Waals surface area contributed by atoms with Crippen LogP contribution in [0.15, 0.2) is 27.0 Å². The molecule has 0 aliphatic carbocycles. The van der Waals surface area contributed by atoms with E-state index >= 15 is 0 Å². The van der Waals surface area contributed by atoms with Gasteiger partial charge < -0.3 is 15.2 Å². The van der Waals surface area contributed by atoms with Gasteiger partial charge in [-0.1, -0.05) is 19.0 Å². The van der Waals surface area contributed by atoms with E-state index in [0.717, 1.165) is 56.4 Å². The van der Waals surface area contributed by atoms with Crippen LogP contribution in [0, 0.1) is 0 Å². The monoisotopic (exact) mass is 389 g/mol. The first kappa shape index (κ1) is 19.9. The molecule has 1 aliphatic heterocycles. The fraction of sp³-hybridized carbons (Fsp3) is 0.600. The molecule has 148 valence electrons. The third kappa shape index (κ3) is 5.32. The van der Waals surface area contributed by atoms with Crippen LogP contribution in [0.5, 0.6) is 0 Å². The number of nitrogens with zero attached hydrogens (tertiary/aromatic N) is 3. The number of aromatic nitrogens is 1. The van der Waals surface area contributed by atoms with Gasteiger partial charge in [-0.15, -0.1) is 11.3 Å². The summed E-state index contributed by atoms with van der Waals surface area (Å²) in [6.07, 6.45) is 3.34. The van der Waals surface area contributed by atoms with Crippen LogP contribution in [0.25, 0.3) is 0 Å². The van der Waals surface area contributed by atoms with Crippen LogP contribution < -0.4 is 10.6 Å². The Morgan fingerprint density at radius 1 is 1.37 bits per heavy atom. The van der Waals surface area contributed by atoms with Crippen LogP contribution in [0.1, 0.15) is 54.5 Å². The second kappa shape index (κ2) is 9.90. The molecule has 0 unspecified atom stereocenters. The van der Waals surface area contributed by atoms with Gasteiger partial charge in [0.25, 0.3) is 0 Å². The van der Waals surface area contributed by atoms with Crippen LogP contribution in [0.4, 0.5) is 0 Å². The number of hydrogen-bond acceptors (Lipinski definition) is 5. The lowest BCUT2D eigenvalue weighted by atomic mass is 9.99. The summed E-state index contributed by atoms with van der Waals surface area (Å²) in [7, 11) is 1.80. The maximum Gasteiger partial charge on any atom is 0.191 e. The van der Waals surface area contributed by atoms with Crippen molar-refractivity contribution in [2.75, 3.05) is 26.7 Å². The minimum atomic E-state index is 0.480. The van der Waals surface area contributed by atoms with Gasteiger partial charge in [0.05, 0.1) is 12.2 Å². The number of nitrogens with one attached hydrogen (secondary N) is 2. The van der Waals surface area contributed by atoms with Gasteiger partial charge in [-0.25, -0.2) is 0 Å². The summed E-state index contributed by atoms with van der Waals surface area (Å²) in [5.41, 5.74) is 2.55. The first-order chi connectivity index (χ1) is 13.2. The van der Waals surface area contributed by atoms with Crippen molar-refractivity contribution in [1.29, 1.82) is 0 Å². The zero-order valence-electron chi connectivity index (χ0n) is 16.6. The van der Waals surface area contributed by atoms with E-state index in [9.17, 15) is 0 Å². The zero-order chi connectivity index (χ0) is 19.1. The van der Waals surface area contributed by atoms with Crippen LogP contribution >= 0.6 is 11.3 Å². The molecule has 3 heterocycles. The number of rotatable bonds is 8. The van der Waals surface area contributed by atoms with Gasteiger partial charge in [-0.05, 0) is 36.3 Å². The van der Waals surface area contributed by atoms with Crippen molar-refractivity contribution >= 4 is 17.3 Å². The van der Waals surface area contributed by atoms with E-state index in [4.69, 9.17) is 4.52 Å². The average molecular weight is 390 g/mol. The maximum atomic E-state index is 5.47. The molecule has 0 radical (unpaired) electrons. The van der Waals surface area contributed by atoms with Crippen molar-refractivity contribution in [1.82, 2.24) is 20.7 Å². The summed E-state index contributed by atoms with van der Waals surface area (Å²) >= 11 is 1.88. The SMILES string of the molecule is CCC(CC)c1cc(CNC(=NC)NCCN2CCc3sccc3C2)on1. The molecule has 2 N–H and O–H groups in total. The van der Waals surface area contributed by atoms with Crippen LogP contribution in [-0.4, -0.2) is 42.7 Å². The highest BCUT2D eigenvalue weighted by atomic mass is 32.1. The molecule has 0 bridgehead atoms. The van der Waals surface area contributed by atoms with Crippen molar-refractivity contribution in [3.63, 3.8) is 0 Å². The molecule has 1 aliphatic rings. The fourth-order valence-corrected chi connectivity index (χ4v) is 4.42. The molecular formula is C20H31N5OS. The molecule has 2 aromatic rings. The molecule has 2 aromatic heterocycles. The first-order valence-electron chi connectivity index (χ1n) is 9.91. The van der Waals surface area contributed by atoms with Crippen molar-refractivity contribution in [3.05, 3.63) is 39.4 Å². The Morgan fingerprint density at radius 3 is 3.00 bits per heavy atom. The number of guanidine groups is 1. The fourth-order valence-electron chi connectivity index (χ4n) is 3.53. The summed E-state index contributed by atoms with van der Waals surface area (Å²) in [5, 5.41) is 13.1. The Hall–Kier alpha value is -1.86. The van der Waals surface area contributed by atoms with Crippen LogP contribution in [0.3, 0.4) is 0 Å². The van der Waals surface area contributed by atoms with E-state index in [1.54, 1.807) is 11.9 Å². The summed E-state index contributed by atoms with van der Waals surface area (Å²) in [5.74, 6) is 2.12. The van der Waals surface area contributed by atoms with Gasteiger partial charge in [-0.3, -0.25) is 9.89 Å². The van der Waals surface area contributed by atoms with Gasteiger partial charge in [0, 0.05) is 50.1 Å². The largest absolute Gasteiger partial charge is 0.359 e. The molecule has 6 nitrogen and oxygen atoms in total. The lowest BCUT2D eigenvalue weighted by Crippen LogP contribution is -2.42. The smallest absolute Gasteiger partial charge is 0.191 e. The Balaban J connectivity index is 1.40. The van der Waals surface area contributed by atoms with Gasteiger partial charge in [0.1, 0.15) is 0 Å². The molecule has 0 atom stereocenters. The van der Waals surface area contributed by atoms with Crippen molar-refractivity contribution < 1.29 is 4.52 Å². The molecule has 27 heavy (non-hydrogen) atoms. The minimum Gasteiger partial charge on any atom is -0.359 e. The molecular weight excluding hydrogens is 358 g/mol. The third-order valence-electron chi connectivity index (χ3n) is 5.24. The van der Waals surface area contributed by atoms with E-state index < -0.39 is 0 Å². The summed E-state index contributed by atoms with van der Waals surface area (Å²) in [4.78, 5) is 8.35. The Bertz CT molecular complexity index is 734. The molecule has 7 heteroatoms. The molecule has 0 aromatic carbocycles. The van der Waals surface area contributed by atoms with Gasteiger partial charge in [0.2, 0.25) is 0 Å². The van der Waals surface area contributed by atoms with E-state index in [-0.39, 0.29) is 0 Å². The minimum absolute atomic E-state index is 0.480. The molecule has 0 fully saturated rings. The zero-order valence-corrected chi connectivity index (χ0v) is 17.4. The number of thiophene rings is 1. The second-order valence-electron chi connectivity index (χ2n) is 6.98. The Kier molecular flexibility index (Phi) is 7.29. The van der Waals surface area contributed by atoms with E-state index in [0.29, 0.717) is 12.5 Å². The first-order valence-corrected chi connectivity index (χ1v) is 10.8. The second-order valence-corrected chi connectivity index (χ2v) is 7.98. The average Bonchev–Trinajstić information content (AvgIpc) is 3.34. The van der Waals surface area contributed by atoms with Gasteiger partial charge in [0.15, 0.2) is 11.7 Å². The van der Waals surface area contributed by atoms with Crippen LogP contribution in [-0.2, 0) is 19.5 Å². The van der Waals surface area contributed by atoms with Crippen molar-refractivity contribution in [2.45, 2.75) is 52.1 Å². The highest BCUT2D eigenvalue weighted by Gasteiger charge is 2.17. The van der Waals surface area contributed by atoms with Gasteiger partial charge >= 0.3 is 0 Å². The molecule has 0 spiro atoms. The molecule has 0 saturated carbocycles. The highest BCUT2D eigenvalue weighted by molar-refractivity contribution is 7.10. The lowest BCUT2D eigenvalue weighted by Gasteiger charge is -2.27. The summed E-state index contributed by atoms with van der Waals surface area (Å²) in [6.45, 7) is 9.05. The molecule has 3 rings (SSSR count). The Morgan fingerprint density at radius 2 is 2.22 bits per heavy atom. The summed E-state index contributed by atoms with van der Waals surface area (Å²) < 4.78 is 5.47. The maximum absolute atomic E-state index is 5.47. The summed E-state index contributed by atoms with van der Waals surface area (Å²) in [6, 6.07) is 4.32. The number of hydrogen-bond donors (Lipinski definition) is 2. The van der Waals surface area contributed by atoms with E-state index in [1.807, 2.05) is 11.3 Å². The van der Waals surface area contributed by atoms with Crippen LogP contribution in [0.2, 0.25) is 0 Å². The predicted molar refractivity (Wildman–Crippen MR) is 111 cm³/mol. The quantitative estimate of drug-likeness (QED) is 0.535. The van der Waals surface area contributed by atoms with Gasteiger partial charge in [-0.2, -0.15) is 0 Å². The lowest BCUT2D eigenvalue weighted by molar-refractivity contribution is 0.260. The Labute approximate surface area is 166 Å². The van der Waals surface area contributed by atoms with E-state index in [1.165, 1.54) is 12.0 Å². The topological polar surface area (TPSA) is 65.7 Å². The van der Waals surface area contributed by atoms with Crippen molar-refractivity contribution in [3.8, 4) is 0 Å². The van der Waals surface area contributed by atoms with Crippen molar-refractivity contribution in [2.24, 2.45) is 4.99 Å². The normalized spacial score (nSPS) is 15.2. The number of aliphatic imine (C=N–C) groups is 1.